The van der Waals surface area contributed by atoms with Crippen LogP contribution < -0.4 is 0 Å². The minimum Gasteiger partial charge on any atom is -0.466 e. The molecule has 3 nitrogen and oxygen atoms in total. The second-order valence-corrected chi connectivity index (χ2v) is 5.39. The van der Waals surface area contributed by atoms with Gasteiger partial charge in [0, 0.05) is 21.5 Å². The molecule has 3 aromatic rings. The second kappa shape index (κ2) is 6.24. The molecule has 0 spiro atoms. The number of benzene rings is 2. The van der Waals surface area contributed by atoms with Crippen molar-refractivity contribution in [3.05, 3.63) is 59.1 Å². The van der Waals surface area contributed by atoms with Crippen LogP contribution in [-0.4, -0.2) is 17.6 Å². The Balaban J connectivity index is 2.17. The lowest BCUT2D eigenvalue weighted by Crippen LogP contribution is -2.08. The molecule has 0 fully saturated rings. The zero-order valence-electron chi connectivity index (χ0n) is 12.2. The van der Waals surface area contributed by atoms with Crippen molar-refractivity contribution in [1.82, 2.24) is 4.98 Å². The maximum Gasteiger partial charge on any atom is 0.310 e. The first-order valence-electron chi connectivity index (χ1n) is 7.20. The maximum absolute atomic E-state index is 12.0. The number of carbonyl (C=O) groups excluding carboxylic acids is 1. The predicted octanol–water partition coefficient (Wildman–Crippen LogP) is 4.59. The summed E-state index contributed by atoms with van der Waals surface area (Å²) in [6, 6.07) is 15.5. The summed E-state index contributed by atoms with van der Waals surface area (Å²) in [4.78, 5) is 15.3. The average molecular weight is 314 g/mol. The Morgan fingerprint density at radius 3 is 2.64 bits per heavy atom. The molecule has 0 saturated carbocycles. The van der Waals surface area contributed by atoms with E-state index in [4.69, 9.17) is 16.3 Å². The van der Waals surface area contributed by atoms with Gasteiger partial charge in [0.25, 0.3) is 0 Å². The van der Waals surface area contributed by atoms with Crippen LogP contribution >= 0.6 is 11.6 Å². The van der Waals surface area contributed by atoms with Gasteiger partial charge in [0.15, 0.2) is 0 Å². The minimum absolute atomic E-state index is 0.221. The molecule has 4 heteroatoms. The molecule has 1 heterocycles. The number of H-pyrrole nitrogens is 1. The molecule has 0 atom stereocenters. The van der Waals surface area contributed by atoms with E-state index in [-0.39, 0.29) is 12.4 Å². The predicted molar refractivity (Wildman–Crippen MR) is 89.1 cm³/mol. The van der Waals surface area contributed by atoms with Gasteiger partial charge in [-0.05, 0) is 24.6 Å². The fourth-order valence-electron chi connectivity index (χ4n) is 2.63. The van der Waals surface area contributed by atoms with Crippen LogP contribution in [0.2, 0.25) is 5.02 Å². The number of nitrogens with one attached hydrogen (secondary N) is 1. The number of fused-ring (bicyclic) bond motifs is 1. The van der Waals surface area contributed by atoms with E-state index in [0.717, 1.165) is 27.7 Å². The van der Waals surface area contributed by atoms with Crippen LogP contribution in [0.4, 0.5) is 0 Å². The quantitative estimate of drug-likeness (QED) is 0.716. The van der Waals surface area contributed by atoms with Gasteiger partial charge in [0.1, 0.15) is 0 Å². The largest absolute Gasteiger partial charge is 0.466 e. The first kappa shape index (κ1) is 14.7. The molecule has 1 aromatic heterocycles. The Hall–Kier alpha value is -2.26. The molecule has 0 saturated heterocycles. The second-order valence-electron chi connectivity index (χ2n) is 4.99. The van der Waals surface area contributed by atoms with E-state index < -0.39 is 0 Å². The van der Waals surface area contributed by atoms with Gasteiger partial charge < -0.3 is 9.72 Å². The van der Waals surface area contributed by atoms with E-state index in [1.54, 1.807) is 0 Å². The van der Waals surface area contributed by atoms with Gasteiger partial charge in [-0.1, -0.05) is 48.0 Å². The number of halogens is 1. The summed E-state index contributed by atoms with van der Waals surface area (Å²) in [7, 11) is 0. The molecular weight excluding hydrogens is 298 g/mol. The van der Waals surface area contributed by atoms with Crippen LogP contribution in [0, 0.1) is 0 Å². The molecule has 0 unspecified atom stereocenters. The van der Waals surface area contributed by atoms with Gasteiger partial charge in [-0.3, -0.25) is 4.79 Å². The number of ether oxygens (including phenoxy) is 1. The van der Waals surface area contributed by atoms with Gasteiger partial charge >= 0.3 is 5.97 Å². The molecule has 3 rings (SSSR count). The third-order valence-corrected chi connectivity index (χ3v) is 3.91. The van der Waals surface area contributed by atoms with Gasteiger partial charge in [-0.15, -0.1) is 0 Å². The topological polar surface area (TPSA) is 42.1 Å². The summed E-state index contributed by atoms with van der Waals surface area (Å²) in [5.74, 6) is -0.236. The maximum atomic E-state index is 12.0. The highest BCUT2D eigenvalue weighted by molar-refractivity contribution is 6.33. The SMILES string of the molecule is CCOC(=O)Cc1c(-c2ccccc2Cl)[nH]c2ccccc12. The van der Waals surface area contributed by atoms with Crippen LogP contribution in [0.1, 0.15) is 12.5 Å². The number of hydrogen-bond acceptors (Lipinski definition) is 2. The summed E-state index contributed by atoms with van der Waals surface area (Å²) in [6.45, 7) is 2.19. The Morgan fingerprint density at radius 2 is 1.86 bits per heavy atom. The van der Waals surface area contributed by atoms with Gasteiger partial charge in [-0.25, -0.2) is 0 Å². The van der Waals surface area contributed by atoms with Crippen LogP contribution in [0.25, 0.3) is 22.2 Å². The summed E-state index contributed by atoms with van der Waals surface area (Å²) >= 11 is 6.32. The minimum atomic E-state index is -0.236. The van der Waals surface area contributed by atoms with Crippen molar-refractivity contribution >= 4 is 28.5 Å². The molecule has 2 aromatic carbocycles. The van der Waals surface area contributed by atoms with Crippen molar-refractivity contribution < 1.29 is 9.53 Å². The lowest BCUT2D eigenvalue weighted by Gasteiger charge is -2.07. The summed E-state index contributed by atoms with van der Waals surface area (Å²) in [5, 5.41) is 1.67. The van der Waals surface area contributed by atoms with Crippen LogP contribution in [0.5, 0.6) is 0 Å². The van der Waals surface area contributed by atoms with E-state index >= 15 is 0 Å². The highest BCUT2D eigenvalue weighted by Crippen LogP contribution is 2.34. The van der Waals surface area contributed by atoms with E-state index in [9.17, 15) is 4.79 Å². The fraction of sp³-hybridized carbons (Fsp3) is 0.167. The normalized spacial score (nSPS) is 10.8. The van der Waals surface area contributed by atoms with Crippen molar-refractivity contribution in [3.63, 3.8) is 0 Å². The van der Waals surface area contributed by atoms with Crippen molar-refractivity contribution in [2.24, 2.45) is 0 Å². The molecule has 112 valence electrons. The third kappa shape index (κ3) is 2.72. The average Bonchev–Trinajstić information content (AvgIpc) is 2.87. The monoisotopic (exact) mass is 313 g/mol. The van der Waals surface area contributed by atoms with E-state index in [1.807, 2.05) is 55.5 Å². The van der Waals surface area contributed by atoms with Gasteiger partial charge in [0.05, 0.1) is 18.7 Å². The van der Waals surface area contributed by atoms with E-state index in [1.165, 1.54) is 0 Å². The molecule has 0 aliphatic carbocycles. The summed E-state index contributed by atoms with van der Waals surface area (Å²) in [5.41, 5.74) is 3.67. The third-order valence-electron chi connectivity index (χ3n) is 3.58. The van der Waals surface area contributed by atoms with Crippen LogP contribution in [0.15, 0.2) is 48.5 Å². The highest BCUT2D eigenvalue weighted by Gasteiger charge is 2.18. The molecule has 22 heavy (non-hydrogen) atoms. The number of carbonyl (C=O) groups is 1. The number of rotatable bonds is 4. The molecule has 0 aliphatic rings. The van der Waals surface area contributed by atoms with Crippen LogP contribution in [0.3, 0.4) is 0 Å². The number of para-hydroxylation sites is 1. The lowest BCUT2D eigenvalue weighted by atomic mass is 10.0. The Morgan fingerprint density at radius 1 is 1.14 bits per heavy atom. The van der Waals surface area contributed by atoms with Crippen molar-refractivity contribution in [3.8, 4) is 11.3 Å². The Kier molecular flexibility index (Phi) is 4.16. The number of esters is 1. The zero-order valence-corrected chi connectivity index (χ0v) is 13.0. The van der Waals surface area contributed by atoms with Crippen molar-refractivity contribution in [2.75, 3.05) is 6.61 Å². The lowest BCUT2D eigenvalue weighted by molar-refractivity contribution is -0.142. The molecular formula is C18H16ClNO2. The van der Waals surface area contributed by atoms with E-state index in [2.05, 4.69) is 4.98 Å². The molecule has 0 amide bonds. The molecule has 0 bridgehead atoms. The van der Waals surface area contributed by atoms with Gasteiger partial charge in [-0.2, -0.15) is 0 Å². The summed E-state index contributed by atoms with van der Waals surface area (Å²) in [6.07, 6.45) is 0.221. The zero-order chi connectivity index (χ0) is 15.5. The smallest absolute Gasteiger partial charge is 0.310 e. The Labute approximate surface area is 133 Å². The fourth-order valence-corrected chi connectivity index (χ4v) is 2.86. The first-order valence-corrected chi connectivity index (χ1v) is 7.58. The van der Waals surface area contributed by atoms with Gasteiger partial charge in [0.2, 0.25) is 0 Å². The summed E-state index contributed by atoms with van der Waals surface area (Å²) < 4.78 is 5.10. The Bertz CT molecular complexity index is 823. The van der Waals surface area contributed by atoms with Crippen LogP contribution in [-0.2, 0) is 16.0 Å². The standard InChI is InChI=1S/C18H16ClNO2/c1-2-22-17(21)11-14-12-7-4-6-10-16(12)20-18(14)13-8-3-5-9-15(13)19/h3-10,20H,2,11H2,1H3. The molecule has 0 aliphatic heterocycles. The first-order chi connectivity index (χ1) is 10.7. The number of aromatic amines is 1. The number of aromatic nitrogens is 1. The molecule has 0 radical (unpaired) electrons. The van der Waals surface area contributed by atoms with Crippen molar-refractivity contribution in [2.45, 2.75) is 13.3 Å². The highest BCUT2D eigenvalue weighted by atomic mass is 35.5. The van der Waals surface area contributed by atoms with Crippen molar-refractivity contribution in [1.29, 1.82) is 0 Å². The number of hydrogen-bond donors (Lipinski definition) is 1. The molecule has 1 N–H and O–H groups in total. The van der Waals surface area contributed by atoms with E-state index in [0.29, 0.717) is 11.6 Å².